The predicted molar refractivity (Wildman–Crippen MR) is 132 cm³/mol. The maximum atomic E-state index is 11.4. The zero-order valence-electron chi connectivity index (χ0n) is 18.8. The van der Waals surface area contributed by atoms with Crippen molar-refractivity contribution in [1.82, 2.24) is 5.43 Å². The highest BCUT2D eigenvalue weighted by atomic mass is 16.6. The summed E-state index contributed by atoms with van der Waals surface area (Å²) in [7, 11) is 0. The molecule has 0 aliphatic carbocycles. The number of amidine groups is 1. The molecule has 0 amide bonds. The van der Waals surface area contributed by atoms with E-state index in [1.54, 1.807) is 24.1 Å². The second-order valence-electron chi connectivity index (χ2n) is 7.60. The summed E-state index contributed by atoms with van der Waals surface area (Å²) >= 11 is 0. The van der Waals surface area contributed by atoms with Gasteiger partial charge in [-0.3, -0.25) is 10.4 Å². The van der Waals surface area contributed by atoms with Crippen molar-refractivity contribution in [2.45, 2.75) is 6.92 Å². The van der Waals surface area contributed by atoms with Gasteiger partial charge in [0.25, 0.3) is 0 Å². The lowest BCUT2D eigenvalue weighted by molar-refractivity contribution is -0.139. The number of benzene rings is 3. The summed E-state index contributed by atoms with van der Waals surface area (Å²) in [6.45, 7) is 5.36. The Labute approximate surface area is 198 Å². The van der Waals surface area contributed by atoms with E-state index in [0.29, 0.717) is 22.8 Å². The molecule has 1 aliphatic heterocycles. The number of phenols is 1. The summed E-state index contributed by atoms with van der Waals surface area (Å²) < 4.78 is 10.6. The highest BCUT2D eigenvalue weighted by molar-refractivity contribution is 6.04. The van der Waals surface area contributed by atoms with Gasteiger partial charge in [0.1, 0.15) is 30.4 Å². The molecule has 0 aromatic heterocycles. The zero-order valence-corrected chi connectivity index (χ0v) is 18.8. The molecule has 7 nitrogen and oxygen atoms in total. The molecule has 0 saturated carbocycles. The van der Waals surface area contributed by atoms with E-state index < -0.39 is 5.97 Å². The molecule has 7 heteroatoms. The zero-order chi connectivity index (χ0) is 23.9. The predicted octanol–water partition coefficient (Wildman–Crippen LogP) is 4.66. The molecule has 4 rings (SSSR count). The van der Waals surface area contributed by atoms with Crippen LogP contribution in [0.2, 0.25) is 0 Å². The quantitative estimate of drug-likeness (QED) is 0.292. The van der Waals surface area contributed by atoms with Crippen molar-refractivity contribution in [3.63, 3.8) is 0 Å². The standard InChI is InChI=1S/C27H25N3O4/c1-19(2)27(32)34-16-15-33-22-13-14-24(25(31)17-22)30-18-23(20-9-5-3-6-10-20)28-26(29-30)21-11-7-4-8-12-21/h3-14,17-18,31H,1,15-16H2,2H3,(H,28,29). The Morgan fingerprint density at radius 2 is 1.68 bits per heavy atom. The average Bonchev–Trinajstić information content (AvgIpc) is 2.87. The third kappa shape index (κ3) is 5.45. The van der Waals surface area contributed by atoms with Crippen LogP contribution in [0.5, 0.6) is 11.5 Å². The van der Waals surface area contributed by atoms with Crippen molar-refractivity contribution in [2.75, 3.05) is 18.2 Å². The Balaban J connectivity index is 1.54. The molecule has 0 unspecified atom stereocenters. The lowest BCUT2D eigenvalue weighted by atomic mass is 10.1. The number of aromatic hydroxyl groups is 1. The first kappa shape index (κ1) is 22.7. The Hall–Kier alpha value is -4.52. The van der Waals surface area contributed by atoms with Crippen molar-refractivity contribution in [2.24, 2.45) is 4.99 Å². The smallest absolute Gasteiger partial charge is 0.333 e. The molecule has 1 heterocycles. The first-order chi connectivity index (χ1) is 16.5. The fraction of sp³-hybridized carbons (Fsp3) is 0.111. The van der Waals surface area contributed by atoms with E-state index in [9.17, 15) is 9.90 Å². The number of anilines is 1. The summed E-state index contributed by atoms with van der Waals surface area (Å²) in [4.78, 5) is 16.2. The molecule has 0 radical (unpaired) electrons. The van der Waals surface area contributed by atoms with Crippen molar-refractivity contribution in [1.29, 1.82) is 0 Å². The van der Waals surface area contributed by atoms with E-state index in [2.05, 4.69) is 12.0 Å². The molecule has 1 aliphatic rings. The Morgan fingerprint density at radius 1 is 1.00 bits per heavy atom. The van der Waals surface area contributed by atoms with Gasteiger partial charge in [0.05, 0.1) is 11.9 Å². The molecular formula is C27H25N3O4. The largest absolute Gasteiger partial charge is 0.506 e. The van der Waals surface area contributed by atoms with Gasteiger partial charge in [-0.05, 0) is 19.1 Å². The van der Waals surface area contributed by atoms with E-state index in [-0.39, 0.29) is 19.0 Å². The number of nitrogens with zero attached hydrogens (tertiary/aromatic N) is 2. The SMILES string of the molecule is C=C(C)C(=O)OCCOc1ccc(N2C=C(c3ccccc3)N=C(c3ccccc3)N2)c(O)c1. The van der Waals surface area contributed by atoms with E-state index in [1.807, 2.05) is 66.9 Å². The Bertz CT molecular complexity index is 1240. The Morgan fingerprint density at radius 3 is 2.32 bits per heavy atom. The molecule has 0 atom stereocenters. The van der Waals surface area contributed by atoms with E-state index in [4.69, 9.17) is 14.5 Å². The van der Waals surface area contributed by atoms with Gasteiger partial charge in [-0.25, -0.2) is 9.79 Å². The number of aliphatic imine (C=N–C) groups is 1. The van der Waals surface area contributed by atoms with Gasteiger partial charge in [-0.1, -0.05) is 67.2 Å². The van der Waals surface area contributed by atoms with Crippen LogP contribution in [0.25, 0.3) is 5.70 Å². The molecule has 0 fully saturated rings. The number of phenolic OH excluding ortho intramolecular Hbond substituents is 1. The van der Waals surface area contributed by atoms with Crippen LogP contribution >= 0.6 is 0 Å². The van der Waals surface area contributed by atoms with Gasteiger partial charge in [0.15, 0.2) is 5.84 Å². The molecule has 0 saturated heterocycles. The lowest BCUT2D eigenvalue weighted by Gasteiger charge is -2.29. The summed E-state index contributed by atoms with van der Waals surface area (Å²) in [6, 6.07) is 24.6. The molecule has 34 heavy (non-hydrogen) atoms. The van der Waals surface area contributed by atoms with Crippen LogP contribution in [-0.4, -0.2) is 30.1 Å². The number of hydrogen-bond donors (Lipinski definition) is 2. The molecule has 3 aromatic rings. The van der Waals surface area contributed by atoms with Crippen LogP contribution in [0.15, 0.2) is 102 Å². The molecule has 3 aromatic carbocycles. The van der Waals surface area contributed by atoms with Gasteiger partial charge in [0, 0.05) is 22.8 Å². The third-order valence-corrected chi connectivity index (χ3v) is 4.97. The second-order valence-corrected chi connectivity index (χ2v) is 7.60. The summed E-state index contributed by atoms with van der Waals surface area (Å²) in [5.74, 6) is 0.659. The number of ether oxygens (including phenoxy) is 2. The average molecular weight is 456 g/mol. The third-order valence-electron chi connectivity index (χ3n) is 4.97. The Kier molecular flexibility index (Phi) is 6.93. The molecule has 2 N–H and O–H groups in total. The van der Waals surface area contributed by atoms with Crippen molar-refractivity contribution >= 4 is 23.2 Å². The normalized spacial score (nSPS) is 12.8. The van der Waals surface area contributed by atoms with Gasteiger partial charge in [-0.2, -0.15) is 0 Å². The number of nitrogens with one attached hydrogen (secondary N) is 1. The maximum absolute atomic E-state index is 11.4. The van der Waals surface area contributed by atoms with Crippen LogP contribution in [0.3, 0.4) is 0 Å². The number of hydrogen-bond acceptors (Lipinski definition) is 7. The van der Waals surface area contributed by atoms with E-state index in [0.717, 1.165) is 16.8 Å². The minimum absolute atomic E-state index is 0.0157. The number of carbonyl (C=O) groups excluding carboxylic acids is 1. The van der Waals surface area contributed by atoms with E-state index in [1.165, 1.54) is 6.07 Å². The summed E-state index contributed by atoms with van der Waals surface area (Å²) in [5, 5.41) is 12.5. The van der Waals surface area contributed by atoms with Gasteiger partial charge < -0.3 is 14.6 Å². The van der Waals surface area contributed by atoms with Gasteiger partial charge in [0.2, 0.25) is 0 Å². The second kappa shape index (κ2) is 10.4. The number of carbonyl (C=O) groups is 1. The lowest BCUT2D eigenvalue weighted by Crippen LogP contribution is -2.41. The topological polar surface area (TPSA) is 83.4 Å². The van der Waals surface area contributed by atoms with Crippen molar-refractivity contribution in [3.8, 4) is 11.5 Å². The fourth-order valence-electron chi connectivity index (χ4n) is 3.26. The number of rotatable bonds is 8. The van der Waals surface area contributed by atoms with Crippen LogP contribution in [-0.2, 0) is 9.53 Å². The van der Waals surface area contributed by atoms with E-state index >= 15 is 0 Å². The van der Waals surface area contributed by atoms with Crippen molar-refractivity contribution in [3.05, 3.63) is 108 Å². The number of hydrazine groups is 1. The fourth-order valence-corrected chi connectivity index (χ4v) is 3.26. The minimum Gasteiger partial charge on any atom is -0.506 e. The summed E-state index contributed by atoms with van der Waals surface area (Å²) in [6.07, 6.45) is 1.83. The van der Waals surface area contributed by atoms with Gasteiger partial charge >= 0.3 is 5.97 Å². The first-order valence-corrected chi connectivity index (χ1v) is 10.8. The van der Waals surface area contributed by atoms with Crippen LogP contribution in [0.1, 0.15) is 18.1 Å². The molecule has 0 spiro atoms. The van der Waals surface area contributed by atoms with Crippen LogP contribution in [0.4, 0.5) is 5.69 Å². The van der Waals surface area contributed by atoms with Crippen LogP contribution < -0.4 is 15.2 Å². The maximum Gasteiger partial charge on any atom is 0.333 e. The molecular weight excluding hydrogens is 430 g/mol. The highest BCUT2D eigenvalue weighted by Crippen LogP contribution is 2.33. The van der Waals surface area contributed by atoms with Crippen LogP contribution in [0, 0.1) is 0 Å². The number of esters is 1. The minimum atomic E-state index is -0.463. The highest BCUT2D eigenvalue weighted by Gasteiger charge is 2.19. The molecule has 0 bridgehead atoms. The first-order valence-electron chi connectivity index (χ1n) is 10.8. The molecule has 172 valence electrons. The summed E-state index contributed by atoms with van der Waals surface area (Å²) in [5.41, 5.74) is 6.73. The van der Waals surface area contributed by atoms with Crippen molar-refractivity contribution < 1.29 is 19.4 Å². The monoisotopic (exact) mass is 455 g/mol. The van der Waals surface area contributed by atoms with Gasteiger partial charge in [-0.15, -0.1) is 0 Å².